The predicted molar refractivity (Wildman–Crippen MR) is 68.6 cm³/mol. The van der Waals surface area contributed by atoms with Crippen molar-refractivity contribution in [3.05, 3.63) is 16.1 Å². The molecule has 7 heteroatoms. The Morgan fingerprint density at radius 1 is 1.56 bits per heavy atom. The first-order chi connectivity index (χ1) is 8.52. The van der Waals surface area contributed by atoms with Gasteiger partial charge in [-0.15, -0.1) is 11.3 Å². The van der Waals surface area contributed by atoms with E-state index in [1.165, 1.54) is 16.2 Å². The number of carboxylic acid groups (broad SMARTS) is 1. The molecule has 0 aliphatic rings. The molecule has 0 fully saturated rings. The molecule has 0 aliphatic carbocycles. The van der Waals surface area contributed by atoms with Crippen molar-refractivity contribution in [1.29, 1.82) is 0 Å². The van der Waals surface area contributed by atoms with Gasteiger partial charge in [0, 0.05) is 11.9 Å². The summed E-state index contributed by atoms with van der Waals surface area (Å²) >= 11 is 1.52. The molecule has 0 radical (unpaired) electrons. The molecule has 0 unspecified atom stereocenters. The number of rotatable bonds is 6. The SMILES string of the molecule is CCCN(CC(=O)O)C(=O)NCc1csc(C)n1. The summed E-state index contributed by atoms with van der Waals surface area (Å²) in [5.41, 5.74) is 0.789. The average molecular weight is 271 g/mol. The number of aromatic nitrogens is 1. The number of nitrogens with one attached hydrogen (secondary N) is 1. The molecule has 1 rings (SSSR count). The average Bonchev–Trinajstić information content (AvgIpc) is 2.71. The second-order valence-electron chi connectivity index (χ2n) is 3.83. The molecule has 100 valence electrons. The maximum Gasteiger partial charge on any atom is 0.323 e. The standard InChI is InChI=1S/C11H17N3O3S/c1-3-4-14(6-10(15)16)11(17)12-5-9-7-18-8(2)13-9/h7H,3-6H2,1-2H3,(H,12,17)(H,15,16). The van der Waals surface area contributed by atoms with E-state index >= 15 is 0 Å². The fourth-order valence-electron chi connectivity index (χ4n) is 1.45. The Kier molecular flexibility index (Phi) is 5.57. The Labute approximate surface area is 110 Å². The highest BCUT2D eigenvalue weighted by Gasteiger charge is 2.15. The van der Waals surface area contributed by atoms with Crippen LogP contribution in [0.15, 0.2) is 5.38 Å². The molecular weight excluding hydrogens is 254 g/mol. The van der Waals surface area contributed by atoms with Gasteiger partial charge in [-0.25, -0.2) is 9.78 Å². The molecule has 0 spiro atoms. The number of thiazole rings is 1. The summed E-state index contributed by atoms with van der Waals surface area (Å²) in [5, 5.41) is 14.2. The molecule has 1 aromatic rings. The van der Waals surface area contributed by atoms with Gasteiger partial charge in [0.25, 0.3) is 0 Å². The molecule has 1 heterocycles. The van der Waals surface area contributed by atoms with E-state index in [2.05, 4.69) is 10.3 Å². The van der Waals surface area contributed by atoms with Crippen LogP contribution in [0.5, 0.6) is 0 Å². The van der Waals surface area contributed by atoms with E-state index in [1.807, 2.05) is 19.2 Å². The normalized spacial score (nSPS) is 10.1. The number of urea groups is 1. The number of carbonyl (C=O) groups excluding carboxylic acids is 1. The van der Waals surface area contributed by atoms with Crippen LogP contribution in [-0.4, -0.2) is 40.1 Å². The summed E-state index contributed by atoms with van der Waals surface area (Å²) in [6.45, 7) is 4.25. The quantitative estimate of drug-likeness (QED) is 0.820. The fourth-order valence-corrected chi connectivity index (χ4v) is 2.07. The van der Waals surface area contributed by atoms with Crippen LogP contribution in [0.1, 0.15) is 24.0 Å². The number of aliphatic carboxylic acids is 1. The molecule has 6 nitrogen and oxygen atoms in total. The van der Waals surface area contributed by atoms with Crippen LogP contribution in [0.4, 0.5) is 4.79 Å². The Bertz CT molecular complexity index is 419. The Morgan fingerprint density at radius 3 is 2.78 bits per heavy atom. The van der Waals surface area contributed by atoms with E-state index in [4.69, 9.17) is 5.11 Å². The van der Waals surface area contributed by atoms with Gasteiger partial charge in [0.05, 0.1) is 17.2 Å². The predicted octanol–water partition coefficient (Wildman–Crippen LogP) is 1.46. The summed E-state index contributed by atoms with van der Waals surface area (Å²) in [5.74, 6) is -1.01. The van der Waals surface area contributed by atoms with Crippen molar-refractivity contribution in [1.82, 2.24) is 15.2 Å². The van der Waals surface area contributed by atoms with Gasteiger partial charge < -0.3 is 15.3 Å². The summed E-state index contributed by atoms with van der Waals surface area (Å²) < 4.78 is 0. The van der Waals surface area contributed by atoms with E-state index in [1.54, 1.807) is 0 Å². The van der Waals surface area contributed by atoms with Gasteiger partial charge in [0.1, 0.15) is 6.54 Å². The third-order valence-electron chi connectivity index (χ3n) is 2.19. The zero-order chi connectivity index (χ0) is 13.5. The zero-order valence-electron chi connectivity index (χ0n) is 10.5. The first kappa shape index (κ1) is 14.4. The van der Waals surface area contributed by atoms with Crippen LogP contribution < -0.4 is 5.32 Å². The Balaban J connectivity index is 2.48. The number of aryl methyl sites for hydroxylation is 1. The largest absolute Gasteiger partial charge is 0.480 e. The maximum atomic E-state index is 11.8. The summed E-state index contributed by atoms with van der Waals surface area (Å²) in [4.78, 5) is 27.9. The van der Waals surface area contributed by atoms with Crippen LogP contribution in [-0.2, 0) is 11.3 Å². The molecule has 18 heavy (non-hydrogen) atoms. The monoisotopic (exact) mass is 271 g/mol. The lowest BCUT2D eigenvalue weighted by Crippen LogP contribution is -2.42. The molecule has 2 amide bonds. The number of hydrogen-bond donors (Lipinski definition) is 2. The molecular formula is C11H17N3O3S. The van der Waals surface area contributed by atoms with Crippen LogP contribution >= 0.6 is 11.3 Å². The first-order valence-electron chi connectivity index (χ1n) is 5.68. The highest BCUT2D eigenvalue weighted by Crippen LogP contribution is 2.07. The van der Waals surface area contributed by atoms with Crippen molar-refractivity contribution in [2.45, 2.75) is 26.8 Å². The summed E-state index contributed by atoms with van der Waals surface area (Å²) in [6, 6.07) is -0.370. The van der Waals surface area contributed by atoms with Crippen molar-refractivity contribution < 1.29 is 14.7 Å². The van der Waals surface area contributed by atoms with Crippen LogP contribution in [0, 0.1) is 6.92 Å². The first-order valence-corrected chi connectivity index (χ1v) is 6.56. The van der Waals surface area contributed by atoms with Crippen molar-refractivity contribution in [2.24, 2.45) is 0 Å². The minimum absolute atomic E-state index is 0.282. The topological polar surface area (TPSA) is 82.5 Å². The second kappa shape index (κ2) is 6.95. The van der Waals surface area contributed by atoms with Gasteiger partial charge in [0.2, 0.25) is 0 Å². The van der Waals surface area contributed by atoms with E-state index in [0.717, 1.165) is 17.1 Å². The highest BCUT2D eigenvalue weighted by molar-refractivity contribution is 7.09. The molecule has 0 aromatic carbocycles. The molecule has 2 N–H and O–H groups in total. The number of carbonyl (C=O) groups is 2. The van der Waals surface area contributed by atoms with Gasteiger partial charge in [-0.05, 0) is 13.3 Å². The Morgan fingerprint density at radius 2 is 2.28 bits per heavy atom. The van der Waals surface area contributed by atoms with E-state index in [-0.39, 0.29) is 12.6 Å². The van der Waals surface area contributed by atoms with E-state index in [0.29, 0.717) is 13.1 Å². The highest BCUT2D eigenvalue weighted by atomic mass is 32.1. The van der Waals surface area contributed by atoms with E-state index in [9.17, 15) is 9.59 Å². The zero-order valence-corrected chi connectivity index (χ0v) is 11.3. The maximum absolute atomic E-state index is 11.8. The summed E-state index contributed by atoms with van der Waals surface area (Å²) in [7, 11) is 0. The molecule has 0 saturated heterocycles. The van der Waals surface area contributed by atoms with Gasteiger partial charge in [-0.1, -0.05) is 6.92 Å². The third kappa shape index (κ3) is 4.70. The molecule has 0 aliphatic heterocycles. The molecule has 0 bridgehead atoms. The smallest absolute Gasteiger partial charge is 0.323 e. The lowest BCUT2D eigenvalue weighted by Gasteiger charge is -2.20. The number of carboxylic acids is 1. The van der Waals surface area contributed by atoms with Gasteiger partial charge >= 0.3 is 12.0 Å². The number of nitrogens with zero attached hydrogens (tertiary/aromatic N) is 2. The Hall–Kier alpha value is -1.63. The second-order valence-corrected chi connectivity index (χ2v) is 4.89. The van der Waals surface area contributed by atoms with E-state index < -0.39 is 5.97 Å². The van der Waals surface area contributed by atoms with Crippen molar-refractivity contribution >= 4 is 23.3 Å². The lowest BCUT2D eigenvalue weighted by molar-refractivity contribution is -0.137. The van der Waals surface area contributed by atoms with Gasteiger partial charge in [0.15, 0.2) is 0 Å². The minimum Gasteiger partial charge on any atom is -0.480 e. The lowest BCUT2D eigenvalue weighted by atomic mass is 10.4. The summed E-state index contributed by atoms with van der Waals surface area (Å²) in [6.07, 6.45) is 0.719. The number of hydrogen-bond acceptors (Lipinski definition) is 4. The fraction of sp³-hybridized carbons (Fsp3) is 0.545. The van der Waals surface area contributed by atoms with Crippen LogP contribution in [0.25, 0.3) is 0 Å². The minimum atomic E-state index is -1.01. The number of amides is 2. The van der Waals surface area contributed by atoms with Crippen LogP contribution in [0.2, 0.25) is 0 Å². The van der Waals surface area contributed by atoms with Gasteiger partial charge in [-0.3, -0.25) is 4.79 Å². The van der Waals surface area contributed by atoms with Gasteiger partial charge in [-0.2, -0.15) is 0 Å². The van der Waals surface area contributed by atoms with Crippen molar-refractivity contribution in [3.8, 4) is 0 Å². The molecule has 1 aromatic heterocycles. The molecule has 0 atom stereocenters. The van der Waals surface area contributed by atoms with Crippen LogP contribution in [0.3, 0.4) is 0 Å². The molecule has 0 saturated carbocycles. The van der Waals surface area contributed by atoms with Crippen molar-refractivity contribution in [3.63, 3.8) is 0 Å². The third-order valence-corrected chi connectivity index (χ3v) is 3.02. The van der Waals surface area contributed by atoms with Crippen molar-refractivity contribution in [2.75, 3.05) is 13.1 Å².